The molecule has 1 amide bonds. The van der Waals surface area contributed by atoms with Crippen molar-refractivity contribution >= 4 is 51.9 Å². The number of rotatable bonds is 3. The average Bonchev–Trinajstić information content (AvgIpc) is 3.12. The Morgan fingerprint density at radius 1 is 1.16 bits per heavy atom. The van der Waals surface area contributed by atoms with Gasteiger partial charge in [0.25, 0.3) is 5.91 Å². The third kappa shape index (κ3) is 3.04. The molecule has 2 aromatic carbocycles. The van der Waals surface area contributed by atoms with Gasteiger partial charge in [-0.05, 0) is 36.0 Å². The van der Waals surface area contributed by atoms with E-state index < -0.39 is 0 Å². The van der Waals surface area contributed by atoms with Crippen LogP contribution >= 0.6 is 23.8 Å². The zero-order valence-corrected chi connectivity index (χ0v) is 14.6. The van der Waals surface area contributed by atoms with Gasteiger partial charge in [-0.1, -0.05) is 48.0 Å². The number of hydrogen-bond donors (Lipinski definition) is 1. The van der Waals surface area contributed by atoms with Crippen LogP contribution < -0.4 is 5.32 Å². The minimum atomic E-state index is -0.203. The maximum Gasteiger partial charge on any atom is 0.276 e. The van der Waals surface area contributed by atoms with Crippen molar-refractivity contribution in [3.8, 4) is 0 Å². The van der Waals surface area contributed by atoms with Crippen molar-refractivity contribution in [1.82, 2.24) is 10.2 Å². The fourth-order valence-electron chi connectivity index (χ4n) is 2.73. The summed E-state index contributed by atoms with van der Waals surface area (Å²) in [5, 5.41) is 4.89. The van der Waals surface area contributed by atoms with Crippen LogP contribution in [0.3, 0.4) is 0 Å². The van der Waals surface area contributed by atoms with Crippen LogP contribution in [0.1, 0.15) is 11.3 Å². The molecule has 25 heavy (non-hydrogen) atoms. The highest BCUT2D eigenvalue weighted by molar-refractivity contribution is 7.80. The Hall–Kier alpha value is -2.63. The summed E-state index contributed by atoms with van der Waals surface area (Å²) >= 11 is 11.5. The van der Waals surface area contributed by atoms with E-state index in [0.29, 0.717) is 28.1 Å². The Bertz CT molecular complexity index is 992. The Labute approximate surface area is 154 Å². The molecule has 2 heterocycles. The fourth-order valence-corrected chi connectivity index (χ4v) is 3.18. The number of para-hydroxylation sites is 1. The summed E-state index contributed by atoms with van der Waals surface area (Å²) in [5.41, 5.74) is 2.00. The molecule has 1 aromatic heterocycles. The number of nitrogens with one attached hydrogen (secondary N) is 1. The van der Waals surface area contributed by atoms with Crippen LogP contribution in [0.5, 0.6) is 0 Å². The summed E-state index contributed by atoms with van der Waals surface area (Å²) in [6, 6.07) is 17.0. The highest BCUT2D eigenvalue weighted by atomic mass is 35.5. The lowest BCUT2D eigenvalue weighted by molar-refractivity contribution is -0.122. The van der Waals surface area contributed by atoms with Gasteiger partial charge in [-0.15, -0.1) is 0 Å². The second-order valence-electron chi connectivity index (χ2n) is 5.66. The predicted molar refractivity (Wildman–Crippen MR) is 102 cm³/mol. The smallest absolute Gasteiger partial charge is 0.276 e. The number of furan rings is 1. The van der Waals surface area contributed by atoms with Crippen LogP contribution in [0.15, 0.2) is 64.7 Å². The van der Waals surface area contributed by atoms with E-state index in [1.165, 1.54) is 4.90 Å². The van der Waals surface area contributed by atoms with Gasteiger partial charge in [0.05, 0.1) is 6.54 Å². The van der Waals surface area contributed by atoms with Crippen molar-refractivity contribution < 1.29 is 9.21 Å². The second kappa shape index (κ2) is 6.35. The molecule has 124 valence electrons. The summed E-state index contributed by atoms with van der Waals surface area (Å²) in [6.07, 6.45) is 1.67. The molecule has 1 aliphatic rings. The van der Waals surface area contributed by atoms with Crippen molar-refractivity contribution in [2.75, 3.05) is 0 Å². The van der Waals surface area contributed by atoms with E-state index >= 15 is 0 Å². The molecule has 4 rings (SSSR count). The molecule has 1 saturated heterocycles. The SMILES string of the molecule is O=C1/C(=C\c2cc3ccccc3o2)NC(=S)N1Cc1ccccc1Cl. The number of amides is 1. The molecule has 0 spiro atoms. The lowest BCUT2D eigenvalue weighted by Crippen LogP contribution is -2.30. The monoisotopic (exact) mass is 368 g/mol. The summed E-state index contributed by atoms with van der Waals surface area (Å²) < 4.78 is 5.73. The van der Waals surface area contributed by atoms with E-state index in [9.17, 15) is 4.79 Å². The molecule has 0 atom stereocenters. The Morgan fingerprint density at radius 2 is 1.92 bits per heavy atom. The minimum absolute atomic E-state index is 0.203. The highest BCUT2D eigenvalue weighted by Gasteiger charge is 2.31. The van der Waals surface area contributed by atoms with E-state index in [1.807, 2.05) is 48.5 Å². The maximum atomic E-state index is 12.7. The number of thiocarbonyl (C=S) groups is 1. The Balaban J connectivity index is 1.61. The lowest BCUT2D eigenvalue weighted by atomic mass is 10.2. The largest absolute Gasteiger partial charge is 0.457 e. The van der Waals surface area contributed by atoms with Crippen molar-refractivity contribution in [2.24, 2.45) is 0 Å². The summed E-state index contributed by atoms with van der Waals surface area (Å²) in [4.78, 5) is 14.2. The molecule has 0 unspecified atom stereocenters. The summed E-state index contributed by atoms with van der Waals surface area (Å²) in [7, 11) is 0. The van der Waals surface area contributed by atoms with Gasteiger partial charge in [0.1, 0.15) is 17.0 Å². The van der Waals surface area contributed by atoms with E-state index in [1.54, 1.807) is 12.1 Å². The molecule has 1 aliphatic heterocycles. The van der Waals surface area contributed by atoms with Crippen molar-refractivity contribution in [3.63, 3.8) is 0 Å². The van der Waals surface area contributed by atoms with E-state index in [-0.39, 0.29) is 5.91 Å². The first-order valence-electron chi connectivity index (χ1n) is 7.68. The normalized spacial score (nSPS) is 16.0. The molecule has 4 nitrogen and oxygen atoms in total. The number of nitrogens with zero attached hydrogens (tertiary/aromatic N) is 1. The number of carbonyl (C=O) groups is 1. The molecule has 6 heteroatoms. The molecule has 0 saturated carbocycles. The zero-order valence-electron chi connectivity index (χ0n) is 13.0. The second-order valence-corrected chi connectivity index (χ2v) is 6.45. The van der Waals surface area contributed by atoms with Gasteiger partial charge in [0.2, 0.25) is 0 Å². The van der Waals surface area contributed by atoms with Gasteiger partial charge < -0.3 is 9.73 Å². The number of hydrogen-bond acceptors (Lipinski definition) is 3. The number of benzene rings is 2. The Morgan fingerprint density at radius 3 is 2.72 bits per heavy atom. The van der Waals surface area contributed by atoms with E-state index in [2.05, 4.69) is 5.32 Å². The molecule has 3 aromatic rings. The average molecular weight is 369 g/mol. The fraction of sp³-hybridized carbons (Fsp3) is 0.0526. The van der Waals surface area contributed by atoms with Crippen LogP contribution in [0.4, 0.5) is 0 Å². The van der Waals surface area contributed by atoms with E-state index in [0.717, 1.165) is 16.5 Å². The van der Waals surface area contributed by atoms with Gasteiger partial charge >= 0.3 is 0 Å². The van der Waals surface area contributed by atoms with Gasteiger partial charge in [0.15, 0.2) is 5.11 Å². The molecular formula is C19H13ClN2O2S. The van der Waals surface area contributed by atoms with Crippen LogP contribution in [-0.4, -0.2) is 15.9 Å². The first-order chi connectivity index (χ1) is 12.1. The Kier molecular flexibility index (Phi) is 4.03. The van der Waals surface area contributed by atoms with Crippen LogP contribution in [-0.2, 0) is 11.3 Å². The summed E-state index contributed by atoms with van der Waals surface area (Å²) in [6.45, 7) is 0.321. The highest BCUT2D eigenvalue weighted by Crippen LogP contribution is 2.24. The molecule has 0 aliphatic carbocycles. The van der Waals surface area contributed by atoms with Gasteiger partial charge in [-0.3, -0.25) is 9.69 Å². The predicted octanol–water partition coefficient (Wildman–Crippen LogP) is 4.34. The van der Waals surface area contributed by atoms with Crippen LogP contribution in [0.2, 0.25) is 5.02 Å². The third-order valence-corrected chi connectivity index (χ3v) is 4.67. The molecule has 0 bridgehead atoms. The topological polar surface area (TPSA) is 45.5 Å². The number of carbonyl (C=O) groups excluding carboxylic acids is 1. The number of halogens is 1. The number of fused-ring (bicyclic) bond motifs is 1. The summed E-state index contributed by atoms with van der Waals surface area (Å²) in [5.74, 6) is 0.393. The molecule has 0 radical (unpaired) electrons. The minimum Gasteiger partial charge on any atom is -0.457 e. The van der Waals surface area contributed by atoms with Gasteiger partial charge in [-0.25, -0.2) is 0 Å². The van der Waals surface area contributed by atoms with Crippen LogP contribution in [0, 0.1) is 0 Å². The molecule has 1 fully saturated rings. The first kappa shape index (κ1) is 15.9. The van der Waals surface area contributed by atoms with E-state index in [4.69, 9.17) is 28.2 Å². The van der Waals surface area contributed by atoms with Crippen molar-refractivity contribution in [3.05, 3.63) is 76.6 Å². The van der Waals surface area contributed by atoms with Crippen molar-refractivity contribution in [2.45, 2.75) is 6.54 Å². The van der Waals surface area contributed by atoms with Crippen LogP contribution in [0.25, 0.3) is 17.0 Å². The lowest BCUT2D eigenvalue weighted by Gasteiger charge is -2.14. The van der Waals surface area contributed by atoms with Gasteiger partial charge in [-0.2, -0.15) is 0 Å². The third-order valence-electron chi connectivity index (χ3n) is 3.98. The first-order valence-corrected chi connectivity index (χ1v) is 8.47. The zero-order chi connectivity index (χ0) is 17.4. The molecule has 1 N–H and O–H groups in total. The standard InChI is InChI=1S/C19H13ClN2O2S/c20-15-7-3-1-6-13(15)11-22-18(23)16(21-19(22)25)10-14-9-12-5-2-4-8-17(12)24-14/h1-10H,11H2,(H,21,25)/b16-10+. The maximum absolute atomic E-state index is 12.7. The molecular weight excluding hydrogens is 356 g/mol. The van der Waals surface area contributed by atoms with Crippen molar-refractivity contribution in [1.29, 1.82) is 0 Å². The quantitative estimate of drug-likeness (QED) is 0.551. The van der Waals surface area contributed by atoms with Gasteiger partial charge in [0, 0.05) is 16.5 Å².